The van der Waals surface area contributed by atoms with E-state index in [4.69, 9.17) is 0 Å². The van der Waals surface area contributed by atoms with E-state index in [0.29, 0.717) is 17.2 Å². The van der Waals surface area contributed by atoms with Crippen molar-refractivity contribution in [3.63, 3.8) is 0 Å². The van der Waals surface area contributed by atoms with Gasteiger partial charge in [-0.15, -0.1) is 0 Å². The van der Waals surface area contributed by atoms with Crippen molar-refractivity contribution in [3.8, 4) is 0 Å². The van der Waals surface area contributed by atoms with Gasteiger partial charge in [0.25, 0.3) is 0 Å². The average Bonchev–Trinajstić information content (AvgIpc) is 2.42. The summed E-state index contributed by atoms with van der Waals surface area (Å²) in [6.07, 6.45) is 0. The highest BCUT2D eigenvalue weighted by atomic mass is 32.2. The summed E-state index contributed by atoms with van der Waals surface area (Å²) in [5.74, 6) is 1.95. The van der Waals surface area contributed by atoms with Crippen molar-refractivity contribution in [1.29, 1.82) is 0 Å². The standard InChI is InChI=1S/C14H21NS/c1-4-15-14-10(2)9-16-11(3)12-7-5-6-8-13(12)14/h5-8,10-11,14-15H,4,9H2,1-3H3. The summed E-state index contributed by atoms with van der Waals surface area (Å²) in [5, 5.41) is 4.26. The van der Waals surface area contributed by atoms with Gasteiger partial charge >= 0.3 is 0 Å². The van der Waals surface area contributed by atoms with E-state index in [1.807, 2.05) is 0 Å². The number of nitrogens with one attached hydrogen (secondary N) is 1. The fourth-order valence-corrected chi connectivity index (χ4v) is 3.66. The minimum atomic E-state index is 0.527. The number of rotatable bonds is 2. The van der Waals surface area contributed by atoms with Gasteiger partial charge in [-0.1, -0.05) is 38.1 Å². The van der Waals surface area contributed by atoms with Crippen LogP contribution in [0.3, 0.4) is 0 Å². The molecule has 0 radical (unpaired) electrons. The molecule has 0 amide bonds. The molecule has 1 aromatic carbocycles. The Morgan fingerprint density at radius 2 is 1.94 bits per heavy atom. The molecule has 0 saturated heterocycles. The molecule has 1 N–H and O–H groups in total. The van der Waals surface area contributed by atoms with E-state index in [9.17, 15) is 0 Å². The molecular weight excluding hydrogens is 214 g/mol. The molecule has 2 rings (SSSR count). The Labute approximate surface area is 103 Å². The molecule has 1 nitrogen and oxygen atoms in total. The molecule has 1 heterocycles. The molecule has 1 aromatic rings. The molecule has 3 unspecified atom stereocenters. The lowest BCUT2D eigenvalue weighted by molar-refractivity contribution is 0.428. The maximum absolute atomic E-state index is 3.64. The highest BCUT2D eigenvalue weighted by Crippen LogP contribution is 2.41. The first kappa shape index (κ1) is 12.0. The van der Waals surface area contributed by atoms with Crippen molar-refractivity contribution in [2.75, 3.05) is 12.3 Å². The van der Waals surface area contributed by atoms with Crippen molar-refractivity contribution in [1.82, 2.24) is 5.32 Å². The number of fused-ring (bicyclic) bond motifs is 1. The van der Waals surface area contributed by atoms with Gasteiger partial charge in [0.15, 0.2) is 0 Å². The molecule has 0 aromatic heterocycles. The van der Waals surface area contributed by atoms with Crippen molar-refractivity contribution in [2.45, 2.75) is 32.1 Å². The SMILES string of the molecule is CCNC1c2ccccc2C(C)SCC1C. The highest BCUT2D eigenvalue weighted by Gasteiger charge is 2.26. The van der Waals surface area contributed by atoms with Gasteiger partial charge in [-0.3, -0.25) is 0 Å². The van der Waals surface area contributed by atoms with Crippen LogP contribution >= 0.6 is 11.8 Å². The van der Waals surface area contributed by atoms with Crippen molar-refractivity contribution in [2.24, 2.45) is 5.92 Å². The Hall–Kier alpha value is -0.470. The zero-order valence-electron chi connectivity index (χ0n) is 10.4. The largest absolute Gasteiger partial charge is 0.310 e. The van der Waals surface area contributed by atoms with Gasteiger partial charge in [0.1, 0.15) is 0 Å². The second-order valence-electron chi connectivity index (χ2n) is 4.62. The van der Waals surface area contributed by atoms with Crippen LogP contribution in [0.1, 0.15) is 43.2 Å². The summed E-state index contributed by atoms with van der Waals surface area (Å²) in [6, 6.07) is 9.43. The van der Waals surface area contributed by atoms with E-state index < -0.39 is 0 Å². The van der Waals surface area contributed by atoms with E-state index >= 15 is 0 Å². The lowest BCUT2D eigenvalue weighted by atomic mass is 9.91. The predicted molar refractivity (Wildman–Crippen MR) is 72.9 cm³/mol. The van der Waals surface area contributed by atoms with Crippen LogP contribution in [-0.2, 0) is 0 Å². The smallest absolute Gasteiger partial charge is 0.0356 e. The van der Waals surface area contributed by atoms with Crippen LogP contribution in [0, 0.1) is 5.92 Å². The predicted octanol–water partition coefficient (Wildman–Crippen LogP) is 3.78. The third kappa shape index (κ3) is 2.28. The Kier molecular flexibility index (Phi) is 3.93. The van der Waals surface area contributed by atoms with Crippen LogP contribution < -0.4 is 5.32 Å². The monoisotopic (exact) mass is 235 g/mol. The first-order chi connectivity index (χ1) is 7.74. The fraction of sp³-hybridized carbons (Fsp3) is 0.571. The van der Waals surface area contributed by atoms with Crippen LogP contribution in [0.15, 0.2) is 24.3 Å². The van der Waals surface area contributed by atoms with Gasteiger partial charge in [0, 0.05) is 11.3 Å². The first-order valence-electron chi connectivity index (χ1n) is 6.17. The molecule has 16 heavy (non-hydrogen) atoms. The lowest BCUT2D eigenvalue weighted by Crippen LogP contribution is -2.27. The topological polar surface area (TPSA) is 12.0 Å². The summed E-state index contributed by atoms with van der Waals surface area (Å²) < 4.78 is 0. The Morgan fingerprint density at radius 3 is 2.62 bits per heavy atom. The maximum Gasteiger partial charge on any atom is 0.0356 e. The summed E-state index contributed by atoms with van der Waals surface area (Å²) in [7, 11) is 0. The summed E-state index contributed by atoms with van der Waals surface area (Å²) in [6.45, 7) is 7.92. The van der Waals surface area contributed by atoms with Gasteiger partial charge in [0.05, 0.1) is 0 Å². The van der Waals surface area contributed by atoms with Crippen LogP contribution in [0.25, 0.3) is 0 Å². The normalized spacial score (nSPS) is 29.6. The van der Waals surface area contributed by atoms with Gasteiger partial charge in [-0.05, 0) is 36.3 Å². The second kappa shape index (κ2) is 5.24. The van der Waals surface area contributed by atoms with E-state index in [1.54, 1.807) is 0 Å². The molecule has 0 bridgehead atoms. The third-order valence-electron chi connectivity index (χ3n) is 3.37. The molecule has 1 aliphatic rings. The molecule has 3 atom stereocenters. The van der Waals surface area contributed by atoms with Crippen LogP contribution in [0.5, 0.6) is 0 Å². The van der Waals surface area contributed by atoms with Gasteiger partial charge < -0.3 is 5.32 Å². The number of benzene rings is 1. The van der Waals surface area contributed by atoms with E-state index in [-0.39, 0.29) is 0 Å². The Balaban J connectivity index is 2.40. The highest BCUT2D eigenvalue weighted by molar-refractivity contribution is 7.99. The first-order valence-corrected chi connectivity index (χ1v) is 7.22. The fourth-order valence-electron chi connectivity index (χ4n) is 2.48. The molecule has 0 aliphatic carbocycles. The van der Waals surface area contributed by atoms with E-state index in [2.05, 4.69) is 62.1 Å². The van der Waals surface area contributed by atoms with Crippen LogP contribution in [0.2, 0.25) is 0 Å². The summed E-state index contributed by atoms with van der Waals surface area (Å²) in [5.41, 5.74) is 3.03. The van der Waals surface area contributed by atoms with Crippen LogP contribution in [0.4, 0.5) is 0 Å². The molecular formula is C14H21NS. The molecule has 0 saturated carbocycles. The van der Waals surface area contributed by atoms with Crippen LogP contribution in [-0.4, -0.2) is 12.3 Å². The molecule has 2 heteroatoms. The minimum absolute atomic E-state index is 0.527. The zero-order valence-corrected chi connectivity index (χ0v) is 11.2. The molecule has 0 spiro atoms. The van der Waals surface area contributed by atoms with Gasteiger partial charge in [-0.25, -0.2) is 0 Å². The van der Waals surface area contributed by atoms with Crippen molar-refractivity contribution in [3.05, 3.63) is 35.4 Å². The molecule has 1 aliphatic heterocycles. The number of hydrogen-bond acceptors (Lipinski definition) is 2. The quantitative estimate of drug-likeness (QED) is 0.837. The third-order valence-corrected chi connectivity index (χ3v) is 4.84. The summed E-state index contributed by atoms with van der Waals surface area (Å²) >= 11 is 2.08. The summed E-state index contributed by atoms with van der Waals surface area (Å²) in [4.78, 5) is 0. The Morgan fingerprint density at radius 1 is 1.25 bits per heavy atom. The zero-order chi connectivity index (χ0) is 11.5. The lowest BCUT2D eigenvalue weighted by Gasteiger charge is -2.24. The minimum Gasteiger partial charge on any atom is -0.310 e. The van der Waals surface area contributed by atoms with E-state index in [0.717, 1.165) is 6.54 Å². The number of hydrogen-bond donors (Lipinski definition) is 1. The molecule has 0 fully saturated rings. The second-order valence-corrected chi connectivity index (χ2v) is 5.99. The Bertz CT molecular complexity index is 350. The molecule has 88 valence electrons. The number of thioether (sulfide) groups is 1. The van der Waals surface area contributed by atoms with E-state index in [1.165, 1.54) is 16.9 Å². The maximum atomic E-state index is 3.64. The van der Waals surface area contributed by atoms with Crippen molar-refractivity contribution < 1.29 is 0 Å². The van der Waals surface area contributed by atoms with Crippen molar-refractivity contribution >= 4 is 11.8 Å². The average molecular weight is 235 g/mol. The van der Waals surface area contributed by atoms with Gasteiger partial charge in [0.2, 0.25) is 0 Å². The van der Waals surface area contributed by atoms with Gasteiger partial charge in [-0.2, -0.15) is 11.8 Å².